The highest BCUT2D eigenvalue weighted by Crippen LogP contribution is 2.30. The number of alkyl halides is 5. The van der Waals surface area contributed by atoms with Crippen molar-refractivity contribution in [3.8, 4) is 17.0 Å². The molecular formula is C14H8F6N4O. The molecule has 5 nitrogen and oxygen atoms in total. The lowest BCUT2D eigenvalue weighted by Gasteiger charge is -2.11. The predicted octanol–water partition coefficient (Wildman–Crippen LogP) is 3.94. The molecule has 2 heterocycles. The summed E-state index contributed by atoms with van der Waals surface area (Å²) in [6.07, 6.45) is -5.04. The topological polar surface area (TPSA) is 52.3 Å². The van der Waals surface area contributed by atoms with Crippen LogP contribution in [0.25, 0.3) is 16.9 Å². The van der Waals surface area contributed by atoms with Crippen LogP contribution >= 0.6 is 0 Å². The van der Waals surface area contributed by atoms with Gasteiger partial charge in [-0.25, -0.2) is 4.39 Å². The number of hydrogen-bond acceptors (Lipinski definition) is 4. The van der Waals surface area contributed by atoms with Gasteiger partial charge in [0.2, 0.25) is 5.82 Å². The van der Waals surface area contributed by atoms with Crippen LogP contribution in [0.2, 0.25) is 0 Å². The summed E-state index contributed by atoms with van der Waals surface area (Å²) in [5.41, 5.74) is 0.140. The van der Waals surface area contributed by atoms with E-state index in [2.05, 4.69) is 20.0 Å². The number of hydrogen-bond donors (Lipinski definition) is 0. The van der Waals surface area contributed by atoms with Gasteiger partial charge in [0.1, 0.15) is 0 Å². The SMILES string of the molecule is CC(F)(F)c1nnc2ccc(-c3ccc(OC(F)(F)F)c(F)c3)nn12. The second-order valence-corrected chi connectivity index (χ2v) is 5.09. The number of fused-ring (bicyclic) bond motifs is 1. The first-order chi connectivity index (χ1) is 11.5. The Morgan fingerprint density at radius 2 is 1.72 bits per heavy atom. The van der Waals surface area contributed by atoms with Crippen LogP contribution in [0.3, 0.4) is 0 Å². The normalized spacial score (nSPS) is 12.6. The van der Waals surface area contributed by atoms with Gasteiger partial charge in [-0.05, 0) is 30.3 Å². The average Bonchev–Trinajstić information content (AvgIpc) is 2.91. The molecule has 11 heteroatoms. The maximum atomic E-state index is 13.8. The molecule has 0 unspecified atom stereocenters. The zero-order chi connectivity index (χ0) is 18.4. The third kappa shape index (κ3) is 3.49. The highest BCUT2D eigenvalue weighted by molar-refractivity contribution is 5.61. The van der Waals surface area contributed by atoms with Crippen LogP contribution in [0.4, 0.5) is 26.3 Å². The Morgan fingerprint density at radius 3 is 2.32 bits per heavy atom. The van der Waals surface area contributed by atoms with Crippen molar-refractivity contribution >= 4 is 5.65 Å². The fraction of sp³-hybridized carbons (Fsp3) is 0.214. The van der Waals surface area contributed by atoms with Crippen LogP contribution in [0.5, 0.6) is 5.75 Å². The highest BCUT2D eigenvalue weighted by Gasteiger charge is 2.33. The molecule has 0 radical (unpaired) electrons. The Kier molecular flexibility index (Phi) is 3.81. The molecule has 0 aliphatic rings. The zero-order valence-corrected chi connectivity index (χ0v) is 12.4. The molecule has 0 saturated heterocycles. The molecule has 0 aliphatic carbocycles. The Bertz CT molecular complexity index is 931. The van der Waals surface area contributed by atoms with Crippen LogP contribution < -0.4 is 4.74 Å². The molecular weight excluding hydrogens is 354 g/mol. The molecule has 3 aromatic rings. The van der Waals surface area contributed by atoms with Crippen molar-refractivity contribution in [2.75, 3.05) is 0 Å². The summed E-state index contributed by atoms with van der Waals surface area (Å²) >= 11 is 0. The predicted molar refractivity (Wildman–Crippen MR) is 72.4 cm³/mol. The summed E-state index contributed by atoms with van der Waals surface area (Å²) in [6.45, 7) is 0.612. The highest BCUT2D eigenvalue weighted by atomic mass is 19.4. The lowest BCUT2D eigenvalue weighted by Crippen LogP contribution is -2.18. The maximum absolute atomic E-state index is 13.8. The van der Waals surface area contributed by atoms with E-state index in [0.29, 0.717) is 6.92 Å². The van der Waals surface area contributed by atoms with Gasteiger partial charge in [0.15, 0.2) is 17.2 Å². The van der Waals surface area contributed by atoms with Crippen LogP contribution in [0.15, 0.2) is 30.3 Å². The molecule has 0 bridgehead atoms. The standard InChI is InChI=1S/C14H8F6N4O/c1-13(16,17)12-22-21-11-5-3-9(23-24(11)12)7-2-4-10(8(15)6-7)25-14(18,19)20/h2-6H,1H3. The van der Waals surface area contributed by atoms with Gasteiger partial charge in [0.05, 0.1) is 5.69 Å². The third-order valence-electron chi connectivity index (χ3n) is 3.11. The van der Waals surface area contributed by atoms with Gasteiger partial charge in [-0.3, -0.25) is 0 Å². The van der Waals surface area contributed by atoms with E-state index in [1.165, 1.54) is 12.1 Å². The van der Waals surface area contributed by atoms with Crippen molar-refractivity contribution in [3.05, 3.63) is 42.0 Å². The zero-order valence-electron chi connectivity index (χ0n) is 12.4. The van der Waals surface area contributed by atoms with E-state index in [-0.39, 0.29) is 16.9 Å². The van der Waals surface area contributed by atoms with Gasteiger partial charge < -0.3 is 4.74 Å². The van der Waals surface area contributed by atoms with E-state index in [4.69, 9.17) is 0 Å². The van der Waals surface area contributed by atoms with E-state index < -0.39 is 29.7 Å². The number of benzene rings is 1. The number of ether oxygens (including phenoxy) is 1. The van der Waals surface area contributed by atoms with E-state index in [1.807, 2.05) is 0 Å². The molecule has 25 heavy (non-hydrogen) atoms. The number of halogens is 6. The van der Waals surface area contributed by atoms with Gasteiger partial charge in [-0.1, -0.05) is 0 Å². The molecule has 0 fully saturated rings. The van der Waals surface area contributed by atoms with Crippen LogP contribution in [0, 0.1) is 5.82 Å². The minimum absolute atomic E-state index is 0.0373. The van der Waals surface area contributed by atoms with Crippen molar-refractivity contribution in [1.29, 1.82) is 0 Å². The second kappa shape index (κ2) is 5.60. The molecule has 0 spiro atoms. The van der Waals surface area contributed by atoms with Gasteiger partial charge >= 0.3 is 12.3 Å². The summed E-state index contributed by atoms with van der Waals surface area (Å²) in [5.74, 6) is -6.33. The molecule has 0 amide bonds. The van der Waals surface area contributed by atoms with Crippen LogP contribution in [0.1, 0.15) is 12.7 Å². The lowest BCUT2D eigenvalue weighted by molar-refractivity contribution is -0.275. The second-order valence-electron chi connectivity index (χ2n) is 5.09. The molecule has 132 valence electrons. The number of nitrogens with zero attached hydrogens (tertiary/aromatic N) is 4. The summed E-state index contributed by atoms with van der Waals surface area (Å²) in [6, 6.07) is 5.31. The lowest BCUT2D eigenvalue weighted by atomic mass is 10.1. The third-order valence-corrected chi connectivity index (χ3v) is 3.11. The Balaban J connectivity index is 2.03. The molecule has 3 rings (SSSR count). The Labute approximate surface area is 135 Å². The van der Waals surface area contributed by atoms with Crippen molar-refractivity contribution in [2.45, 2.75) is 19.2 Å². The average molecular weight is 362 g/mol. The summed E-state index contributed by atoms with van der Waals surface area (Å²) in [4.78, 5) is 0. The molecule has 1 aromatic carbocycles. The first-order valence-corrected chi connectivity index (χ1v) is 6.71. The summed E-state index contributed by atoms with van der Waals surface area (Å²) in [7, 11) is 0. The molecule has 0 atom stereocenters. The minimum atomic E-state index is -5.04. The summed E-state index contributed by atoms with van der Waals surface area (Å²) in [5, 5.41) is 10.8. The molecule has 2 aromatic heterocycles. The van der Waals surface area contributed by atoms with E-state index in [9.17, 15) is 26.3 Å². The number of aromatic nitrogens is 4. The van der Waals surface area contributed by atoms with Gasteiger partial charge in [-0.2, -0.15) is 18.4 Å². The number of rotatable bonds is 3. The fourth-order valence-electron chi connectivity index (χ4n) is 2.08. The van der Waals surface area contributed by atoms with Crippen LogP contribution in [-0.4, -0.2) is 26.2 Å². The van der Waals surface area contributed by atoms with Crippen molar-refractivity contribution < 1.29 is 31.1 Å². The first kappa shape index (κ1) is 17.0. The maximum Gasteiger partial charge on any atom is 0.573 e. The minimum Gasteiger partial charge on any atom is -0.403 e. The van der Waals surface area contributed by atoms with Crippen molar-refractivity contribution in [3.63, 3.8) is 0 Å². The molecule has 0 saturated carbocycles. The van der Waals surface area contributed by atoms with Gasteiger partial charge in [0.25, 0.3) is 0 Å². The summed E-state index contributed by atoms with van der Waals surface area (Å²) < 4.78 is 81.5. The van der Waals surface area contributed by atoms with Crippen molar-refractivity contribution in [2.24, 2.45) is 0 Å². The van der Waals surface area contributed by atoms with E-state index in [0.717, 1.165) is 22.7 Å². The smallest absolute Gasteiger partial charge is 0.403 e. The quantitative estimate of drug-likeness (QED) is 0.663. The largest absolute Gasteiger partial charge is 0.573 e. The molecule has 0 N–H and O–H groups in total. The fourth-order valence-corrected chi connectivity index (χ4v) is 2.08. The Hall–Kier alpha value is -2.85. The molecule has 0 aliphatic heterocycles. The van der Waals surface area contributed by atoms with Crippen LogP contribution in [-0.2, 0) is 5.92 Å². The van der Waals surface area contributed by atoms with Gasteiger partial charge in [-0.15, -0.1) is 23.4 Å². The Morgan fingerprint density at radius 1 is 1.00 bits per heavy atom. The van der Waals surface area contributed by atoms with Gasteiger partial charge in [0, 0.05) is 12.5 Å². The first-order valence-electron chi connectivity index (χ1n) is 6.71. The van der Waals surface area contributed by atoms with E-state index in [1.54, 1.807) is 0 Å². The van der Waals surface area contributed by atoms with Crippen molar-refractivity contribution in [1.82, 2.24) is 19.8 Å². The monoisotopic (exact) mass is 362 g/mol. The van der Waals surface area contributed by atoms with E-state index >= 15 is 0 Å².